The molecule has 1 N–H and O–H groups in total. The first-order valence-electron chi connectivity index (χ1n) is 8.07. The number of hydrogen-bond donors (Lipinski definition) is 1. The Morgan fingerprint density at radius 3 is 2.35 bits per heavy atom. The summed E-state index contributed by atoms with van der Waals surface area (Å²) in [5.74, 6) is 0.294. The smallest absolute Gasteiger partial charge is 0.417 e. The molecule has 0 amide bonds. The predicted molar refractivity (Wildman–Crippen MR) is 90.0 cm³/mol. The maximum atomic E-state index is 12.0. The average Bonchev–Trinajstić information content (AvgIpc) is 2.88. The SMILES string of the molecule is CC(C)C.O=c1[nH]c2c(ccc3c4c(c(=O)oc32)CCCC4)o1. The van der Waals surface area contributed by atoms with Gasteiger partial charge in [0.15, 0.2) is 11.2 Å². The minimum Gasteiger partial charge on any atom is -0.420 e. The molecule has 1 aliphatic rings. The molecule has 5 nitrogen and oxygen atoms in total. The second-order valence-electron chi connectivity index (χ2n) is 6.62. The van der Waals surface area contributed by atoms with Crippen LogP contribution in [0.3, 0.4) is 0 Å². The number of oxazole rings is 1. The molecular formula is C18H21NO4. The summed E-state index contributed by atoms with van der Waals surface area (Å²) in [6.45, 7) is 6.50. The zero-order chi connectivity index (χ0) is 16.6. The largest absolute Gasteiger partial charge is 0.420 e. The number of aromatic amines is 1. The minimum atomic E-state index is -0.539. The van der Waals surface area contributed by atoms with Crippen molar-refractivity contribution >= 4 is 22.1 Å². The highest BCUT2D eigenvalue weighted by atomic mass is 16.4. The number of benzene rings is 1. The molecule has 0 saturated carbocycles. The predicted octanol–water partition coefficient (Wildman–Crippen LogP) is 3.77. The molecule has 2 aromatic heterocycles. The van der Waals surface area contributed by atoms with Gasteiger partial charge in [0.1, 0.15) is 5.52 Å². The Bertz CT molecular complexity index is 956. The van der Waals surface area contributed by atoms with E-state index in [-0.39, 0.29) is 5.63 Å². The Hall–Kier alpha value is -2.30. The molecule has 5 heteroatoms. The van der Waals surface area contributed by atoms with Crippen molar-refractivity contribution in [3.8, 4) is 0 Å². The standard InChI is InChI=1S/C14H11NO4.C4H10/c16-13-9-4-2-1-3-7(9)8-5-6-10-11(12(8)19-13)15-14(17)18-10;1-4(2)3/h5-6H,1-4H2,(H,15,17);4H,1-3H3. The Balaban J connectivity index is 0.000000354. The fourth-order valence-corrected chi connectivity index (χ4v) is 2.92. The van der Waals surface area contributed by atoms with E-state index in [9.17, 15) is 9.59 Å². The summed E-state index contributed by atoms with van der Waals surface area (Å²) in [5, 5.41) is 0.902. The van der Waals surface area contributed by atoms with Crippen LogP contribution in [0.5, 0.6) is 0 Å². The molecule has 122 valence electrons. The van der Waals surface area contributed by atoms with Crippen molar-refractivity contribution in [1.29, 1.82) is 0 Å². The van der Waals surface area contributed by atoms with Gasteiger partial charge in [0.2, 0.25) is 0 Å². The van der Waals surface area contributed by atoms with Crippen molar-refractivity contribution < 1.29 is 8.83 Å². The third kappa shape index (κ3) is 2.96. The molecular weight excluding hydrogens is 294 g/mol. The lowest BCUT2D eigenvalue weighted by Crippen LogP contribution is -2.15. The summed E-state index contributed by atoms with van der Waals surface area (Å²) in [4.78, 5) is 25.9. The number of rotatable bonds is 0. The average molecular weight is 315 g/mol. The lowest BCUT2D eigenvalue weighted by molar-refractivity contribution is 0.535. The monoisotopic (exact) mass is 315 g/mol. The molecule has 0 radical (unpaired) electrons. The molecule has 3 aromatic rings. The van der Waals surface area contributed by atoms with Gasteiger partial charge >= 0.3 is 11.4 Å². The van der Waals surface area contributed by atoms with Gasteiger partial charge in [-0.3, -0.25) is 4.98 Å². The molecule has 0 fully saturated rings. The normalized spacial score (nSPS) is 13.9. The lowest BCUT2D eigenvalue weighted by Gasteiger charge is -2.15. The zero-order valence-electron chi connectivity index (χ0n) is 13.7. The van der Waals surface area contributed by atoms with Gasteiger partial charge in [-0.05, 0) is 49.3 Å². The Morgan fingerprint density at radius 1 is 1.00 bits per heavy atom. The van der Waals surface area contributed by atoms with Gasteiger partial charge in [-0.25, -0.2) is 9.59 Å². The molecule has 1 aliphatic carbocycles. The highest BCUT2D eigenvalue weighted by Gasteiger charge is 2.20. The Kier molecular flexibility index (Phi) is 4.11. The fourth-order valence-electron chi connectivity index (χ4n) is 2.92. The van der Waals surface area contributed by atoms with Crippen LogP contribution in [-0.4, -0.2) is 4.98 Å². The van der Waals surface area contributed by atoms with Crippen molar-refractivity contribution in [1.82, 2.24) is 4.98 Å². The van der Waals surface area contributed by atoms with Crippen LogP contribution < -0.4 is 11.4 Å². The topological polar surface area (TPSA) is 76.2 Å². The number of H-pyrrole nitrogens is 1. The molecule has 0 spiro atoms. The highest BCUT2D eigenvalue weighted by molar-refractivity contribution is 6.00. The third-order valence-corrected chi connectivity index (χ3v) is 3.78. The van der Waals surface area contributed by atoms with E-state index < -0.39 is 5.76 Å². The second kappa shape index (κ2) is 6.07. The number of fused-ring (bicyclic) bond motifs is 5. The van der Waals surface area contributed by atoms with E-state index in [2.05, 4.69) is 25.8 Å². The Morgan fingerprint density at radius 2 is 1.65 bits per heavy atom. The summed E-state index contributed by atoms with van der Waals surface area (Å²) in [7, 11) is 0. The van der Waals surface area contributed by atoms with Gasteiger partial charge in [-0.2, -0.15) is 0 Å². The van der Waals surface area contributed by atoms with Gasteiger partial charge in [0, 0.05) is 10.9 Å². The lowest BCUT2D eigenvalue weighted by atomic mass is 9.90. The van der Waals surface area contributed by atoms with Crippen LogP contribution in [-0.2, 0) is 12.8 Å². The van der Waals surface area contributed by atoms with E-state index in [0.717, 1.165) is 48.1 Å². The number of aromatic nitrogens is 1. The molecule has 4 rings (SSSR count). The molecule has 23 heavy (non-hydrogen) atoms. The fraction of sp³-hybridized carbons (Fsp3) is 0.444. The van der Waals surface area contributed by atoms with Crippen molar-refractivity contribution in [2.24, 2.45) is 5.92 Å². The first kappa shape index (κ1) is 15.6. The summed E-state index contributed by atoms with van der Waals surface area (Å²) in [6.07, 6.45) is 3.75. The molecule has 0 saturated heterocycles. The van der Waals surface area contributed by atoms with E-state index in [0.29, 0.717) is 16.7 Å². The molecule has 1 aromatic carbocycles. The molecule has 0 unspecified atom stereocenters. The maximum absolute atomic E-state index is 12.0. The van der Waals surface area contributed by atoms with Crippen molar-refractivity contribution in [2.75, 3.05) is 0 Å². The van der Waals surface area contributed by atoms with E-state index in [1.165, 1.54) is 0 Å². The first-order chi connectivity index (χ1) is 11.0. The van der Waals surface area contributed by atoms with Crippen LogP contribution in [0.15, 0.2) is 30.6 Å². The third-order valence-electron chi connectivity index (χ3n) is 3.78. The van der Waals surface area contributed by atoms with Gasteiger partial charge in [-0.15, -0.1) is 0 Å². The van der Waals surface area contributed by atoms with Crippen LogP contribution in [0.2, 0.25) is 0 Å². The van der Waals surface area contributed by atoms with Gasteiger partial charge in [0.05, 0.1) is 0 Å². The Labute approximate surface area is 133 Å². The minimum absolute atomic E-state index is 0.295. The van der Waals surface area contributed by atoms with Gasteiger partial charge in [0.25, 0.3) is 0 Å². The number of hydrogen-bond acceptors (Lipinski definition) is 4. The highest BCUT2D eigenvalue weighted by Crippen LogP contribution is 2.30. The first-order valence-corrected chi connectivity index (χ1v) is 8.07. The van der Waals surface area contributed by atoms with Crippen LogP contribution in [0, 0.1) is 5.92 Å². The molecule has 2 heterocycles. The zero-order valence-corrected chi connectivity index (χ0v) is 13.7. The molecule has 0 atom stereocenters. The summed E-state index contributed by atoms with van der Waals surface area (Å²) >= 11 is 0. The summed E-state index contributed by atoms with van der Waals surface area (Å²) in [5.41, 5.74) is 2.85. The van der Waals surface area contributed by atoms with E-state index in [1.54, 1.807) is 6.07 Å². The quantitative estimate of drug-likeness (QED) is 0.641. The summed E-state index contributed by atoms with van der Waals surface area (Å²) in [6, 6.07) is 3.60. The van der Waals surface area contributed by atoms with Gasteiger partial charge in [-0.1, -0.05) is 20.8 Å². The van der Waals surface area contributed by atoms with Crippen LogP contribution in [0.25, 0.3) is 22.1 Å². The summed E-state index contributed by atoms with van der Waals surface area (Å²) < 4.78 is 10.4. The van der Waals surface area contributed by atoms with Crippen molar-refractivity contribution in [3.63, 3.8) is 0 Å². The number of nitrogens with one attached hydrogen (secondary N) is 1. The second-order valence-corrected chi connectivity index (χ2v) is 6.62. The molecule has 0 aliphatic heterocycles. The van der Waals surface area contributed by atoms with Crippen LogP contribution in [0.1, 0.15) is 44.7 Å². The number of aryl methyl sites for hydroxylation is 1. The van der Waals surface area contributed by atoms with Crippen molar-refractivity contribution in [2.45, 2.75) is 46.5 Å². The van der Waals surface area contributed by atoms with Crippen LogP contribution in [0.4, 0.5) is 0 Å². The maximum Gasteiger partial charge on any atom is 0.417 e. The van der Waals surface area contributed by atoms with Crippen LogP contribution >= 0.6 is 0 Å². The van der Waals surface area contributed by atoms with Gasteiger partial charge < -0.3 is 8.83 Å². The van der Waals surface area contributed by atoms with E-state index in [1.807, 2.05) is 6.07 Å². The van der Waals surface area contributed by atoms with Crippen molar-refractivity contribution in [3.05, 3.63) is 44.2 Å². The van der Waals surface area contributed by atoms with E-state index in [4.69, 9.17) is 8.83 Å². The van der Waals surface area contributed by atoms with E-state index >= 15 is 0 Å². The molecule has 0 bridgehead atoms.